The molecule has 25 heavy (non-hydrogen) atoms. The summed E-state index contributed by atoms with van der Waals surface area (Å²) in [5.74, 6) is -0.0827. The van der Waals surface area contributed by atoms with E-state index in [9.17, 15) is 9.59 Å². The fourth-order valence-electron chi connectivity index (χ4n) is 2.83. The van der Waals surface area contributed by atoms with Crippen molar-refractivity contribution in [1.82, 2.24) is 9.88 Å². The van der Waals surface area contributed by atoms with Gasteiger partial charge in [-0.25, -0.2) is 0 Å². The van der Waals surface area contributed by atoms with Gasteiger partial charge in [-0.05, 0) is 50.4 Å². The summed E-state index contributed by atoms with van der Waals surface area (Å²) in [5, 5.41) is 0.957. The van der Waals surface area contributed by atoms with E-state index in [1.807, 2.05) is 69.3 Å². The maximum absolute atomic E-state index is 13.0. The van der Waals surface area contributed by atoms with Crippen LogP contribution in [0.4, 0.5) is 0 Å². The van der Waals surface area contributed by atoms with Crippen LogP contribution >= 0.6 is 0 Å². The van der Waals surface area contributed by atoms with Crippen LogP contribution in [-0.2, 0) is 6.54 Å². The average Bonchev–Trinajstić information content (AvgIpc) is 2.59. The molecule has 1 heterocycles. The Morgan fingerprint density at radius 3 is 2.32 bits per heavy atom. The molecule has 0 unspecified atom stereocenters. The molecule has 0 radical (unpaired) electrons. The number of carbonyl (C=O) groups excluding carboxylic acids is 1. The first-order valence-corrected chi connectivity index (χ1v) is 8.34. The van der Waals surface area contributed by atoms with Gasteiger partial charge in [0.2, 0.25) is 0 Å². The van der Waals surface area contributed by atoms with E-state index in [2.05, 4.69) is 4.98 Å². The van der Waals surface area contributed by atoms with E-state index in [1.54, 1.807) is 17.0 Å². The van der Waals surface area contributed by atoms with Crippen LogP contribution in [0.15, 0.2) is 65.5 Å². The number of para-hydroxylation sites is 1. The van der Waals surface area contributed by atoms with Gasteiger partial charge in [-0.2, -0.15) is 0 Å². The second kappa shape index (κ2) is 6.55. The number of aromatic amines is 1. The van der Waals surface area contributed by atoms with Crippen molar-refractivity contribution in [2.24, 2.45) is 0 Å². The van der Waals surface area contributed by atoms with E-state index < -0.39 is 5.54 Å². The van der Waals surface area contributed by atoms with Crippen LogP contribution in [0.25, 0.3) is 10.9 Å². The van der Waals surface area contributed by atoms with E-state index in [4.69, 9.17) is 0 Å². The van der Waals surface area contributed by atoms with E-state index in [0.717, 1.165) is 10.9 Å². The summed E-state index contributed by atoms with van der Waals surface area (Å²) in [5.41, 5.74) is 1.43. The van der Waals surface area contributed by atoms with Gasteiger partial charge in [-0.3, -0.25) is 9.59 Å². The first-order valence-electron chi connectivity index (χ1n) is 8.34. The highest BCUT2D eigenvalue weighted by molar-refractivity contribution is 5.94. The summed E-state index contributed by atoms with van der Waals surface area (Å²) < 4.78 is 0. The molecule has 0 saturated carbocycles. The summed E-state index contributed by atoms with van der Waals surface area (Å²) in [6, 6.07) is 18.7. The second-order valence-electron chi connectivity index (χ2n) is 7.14. The summed E-state index contributed by atoms with van der Waals surface area (Å²) in [4.78, 5) is 30.1. The van der Waals surface area contributed by atoms with Gasteiger partial charge in [0.1, 0.15) is 0 Å². The highest BCUT2D eigenvalue weighted by Gasteiger charge is 2.28. The van der Waals surface area contributed by atoms with Crippen molar-refractivity contribution in [3.05, 3.63) is 82.1 Å². The van der Waals surface area contributed by atoms with Gasteiger partial charge in [0.15, 0.2) is 0 Å². The maximum atomic E-state index is 13.0. The Balaban J connectivity index is 2.00. The molecule has 0 aliphatic carbocycles. The number of hydrogen-bond donors (Lipinski definition) is 1. The molecule has 4 nitrogen and oxygen atoms in total. The Labute approximate surface area is 147 Å². The zero-order chi connectivity index (χ0) is 18.0. The number of H-pyrrole nitrogens is 1. The Morgan fingerprint density at radius 2 is 1.64 bits per heavy atom. The largest absolute Gasteiger partial charge is 0.329 e. The van der Waals surface area contributed by atoms with Crippen molar-refractivity contribution < 1.29 is 4.79 Å². The van der Waals surface area contributed by atoms with Crippen molar-refractivity contribution in [3.8, 4) is 0 Å². The third kappa shape index (κ3) is 3.63. The summed E-state index contributed by atoms with van der Waals surface area (Å²) in [6.45, 7) is 6.19. The number of aromatic nitrogens is 1. The summed E-state index contributed by atoms with van der Waals surface area (Å²) in [6.07, 6.45) is 0. The van der Waals surface area contributed by atoms with Gasteiger partial charge in [-0.15, -0.1) is 0 Å². The van der Waals surface area contributed by atoms with Crippen LogP contribution in [0, 0.1) is 0 Å². The molecule has 0 bridgehead atoms. The number of benzene rings is 2. The minimum atomic E-state index is -0.412. The molecule has 0 atom stereocenters. The number of hydrogen-bond acceptors (Lipinski definition) is 2. The molecule has 128 valence electrons. The Bertz CT molecular complexity index is 953. The predicted octanol–water partition coefficient (Wildman–Crippen LogP) is 3.97. The molecule has 3 rings (SSSR count). The molecule has 4 heteroatoms. The Hall–Kier alpha value is -2.88. The van der Waals surface area contributed by atoms with E-state index in [1.165, 1.54) is 0 Å². The number of carbonyl (C=O) groups is 1. The first-order chi connectivity index (χ1) is 11.9. The number of pyridine rings is 1. The van der Waals surface area contributed by atoms with Crippen LogP contribution in [0.3, 0.4) is 0 Å². The van der Waals surface area contributed by atoms with E-state index in [0.29, 0.717) is 11.1 Å². The lowest BCUT2D eigenvalue weighted by atomic mass is 10.0. The zero-order valence-electron chi connectivity index (χ0n) is 14.7. The topological polar surface area (TPSA) is 53.2 Å². The Kier molecular flexibility index (Phi) is 4.45. The lowest BCUT2D eigenvalue weighted by Crippen LogP contribution is -2.46. The molecule has 1 N–H and O–H groups in total. The minimum Gasteiger partial charge on any atom is -0.329 e. The Morgan fingerprint density at radius 1 is 1.00 bits per heavy atom. The van der Waals surface area contributed by atoms with Gasteiger partial charge >= 0.3 is 0 Å². The number of amides is 1. The molecule has 0 fully saturated rings. The fraction of sp³-hybridized carbons (Fsp3) is 0.238. The van der Waals surface area contributed by atoms with Crippen molar-refractivity contribution in [1.29, 1.82) is 0 Å². The molecule has 0 aliphatic rings. The third-order valence-electron chi connectivity index (χ3n) is 4.23. The molecule has 0 saturated heterocycles. The number of rotatable bonds is 3. The number of fused-ring (bicyclic) bond motifs is 1. The van der Waals surface area contributed by atoms with Crippen LogP contribution < -0.4 is 5.56 Å². The van der Waals surface area contributed by atoms with Crippen LogP contribution in [0.1, 0.15) is 36.7 Å². The smallest absolute Gasteiger partial charge is 0.254 e. The van der Waals surface area contributed by atoms with Crippen LogP contribution in [-0.4, -0.2) is 21.3 Å². The molecule has 3 aromatic rings. The van der Waals surface area contributed by atoms with Gasteiger partial charge in [0.25, 0.3) is 11.5 Å². The molecule has 0 aliphatic heterocycles. The first kappa shape index (κ1) is 17.0. The fourth-order valence-corrected chi connectivity index (χ4v) is 2.83. The molecule has 0 spiro atoms. The quantitative estimate of drug-likeness (QED) is 0.788. The van der Waals surface area contributed by atoms with Gasteiger partial charge in [0.05, 0.1) is 6.54 Å². The van der Waals surface area contributed by atoms with Crippen molar-refractivity contribution in [2.45, 2.75) is 32.9 Å². The van der Waals surface area contributed by atoms with Crippen molar-refractivity contribution >= 4 is 16.8 Å². The number of nitrogens with one attached hydrogen (secondary N) is 1. The molecule has 2 aromatic carbocycles. The summed E-state index contributed by atoms with van der Waals surface area (Å²) in [7, 11) is 0. The lowest BCUT2D eigenvalue weighted by molar-refractivity contribution is 0.0558. The van der Waals surface area contributed by atoms with Gasteiger partial charge in [-0.1, -0.05) is 36.4 Å². The molecule has 1 amide bonds. The zero-order valence-corrected chi connectivity index (χ0v) is 14.7. The monoisotopic (exact) mass is 334 g/mol. The normalized spacial score (nSPS) is 11.5. The van der Waals surface area contributed by atoms with E-state index >= 15 is 0 Å². The van der Waals surface area contributed by atoms with Crippen LogP contribution in [0.5, 0.6) is 0 Å². The molecular weight excluding hydrogens is 312 g/mol. The SMILES string of the molecule is CC(C)(C)N(Cc1cc2ccccc2[nH]c1=O)C(=O)c1ccccc1. The summed E-state index contributed by atoms with van der Waals surface area (Å²) >= 11 is 0. The average molecular weight is 334 g/mol. The molecular formula is C21H22N2O2. The highest BCUT2D eigenvalue weighted by Crippen LogP contribution is 2.21. The number of nitrogens with zero attached hydrogens (tertiary/aromatic N) is 1. The van der Waals surface area contributed by atoms with Crippen molar-refractivity contribution in [2.75, 3.05) is 0 Å². The minimum absolute atomic E-state index is 0.0827. The molecule has 1 aromatic heterocycles. The van der Waals surface area contributed by atoms with Crippen molar-refractivity contribution in [3.63, 3.8) is 0 Å². The highest BCUT2D eigenvalue weighted by atomic mass is 16.2. The van der Waals surface area contributed by atoms with Gasteiger partial charge < -0.3 is 9.88 Å². The van der Waals surface area contributed by atoms with Crippen LogP contribution in [0.2, 0.25) is 0 Å². The predicted molar refractivity (Wildman–Crippen MR) is 101 cm³/mol. The van der Waals surface area contributed by atoms with Gasteiger partial charge in [0, 0.05) is 22.2 Å². The standard InChI is InChI=1S/C21H22N2O2/c1-21(2,3)23(20(25)15-9-5-4-6-10-15)14-17-13-16-11-7-8-12-18(16)22-19(17)24/h4-13H,14H2,1-3H3,(H,22,24). The second-order valence-corrected chi connectivity index (χ2v) is 7.14. The lowest BCUT2D eigenvalue weighted by Gasteiger charge is -2.35. The van der Waals surface area contributed by atoms with E-state index in [-0.39, 0.29) is 18.0 Å². The maximum Gasteiger partial charge on any atom is 0.254 e. The third-order valence-corrected chi connectivity index (χ3v) is 4.23.